The summed E-state index contributed by atoms with van der Waals surface area (Å²) in [4.78, 5) is 18.9. The normalized spacial score (nSPS) is 30.8. The lowest BCUT2D eigenvalue weighted by Gasteiger charge is -2.42. The van der Waals surface area contributed by atoms with Crippen molar-refractivity contribution in [1.29, 1.82) is 0 Å². The summed E-state index contributed by atoms with van der Waals surface area (Å²) in [6.45, 7) is 4.29. The first-order chi connectivity index (χ1) is 21.4. The van der Waals surface area contributed by atoms with E-state index < -0.39 is 12.0 Å². The van der Waals surface area contributed by atoms with Crippen LogP contribution < -0.4 is 19.7 Å². The van der Waals surface area contributed by atoms with Gasteiger partial charge in [-0.3, -0.25) is 4.90 Å². The molecule has 5 aliphatic rings. The molecule has 0 spiro atoms. The van der Waals surface area contributed by atoms with E-state index in [0.29, 0.717) is 58.6 Å². The summed E-state index contributed by atoms with van der Waals surface area (Å²) in [5.41, 5.74) is 0.395. The first-order valence-corrected chi connectivity index (χ1v) is 16.1. The van der Waals surface area contributed by atoms with Gasteiger partial charge in [0, 0.05) is 47.6 Å². The Morgan fingerprint density at radius 1 is 1.11 bits per heavy atom. The zero-order valence-electron chi connectivity index (χ0n) is 24.4. The third-order valence-corrected chi connectivity index (χ3v) is 10.9. The van der Waals surface area contributed by atoms with Gasteiger partial charge < -0.3 is 19.7 Å². The Labute approximate surface area is 258 Å². The molecule has 0 radical (unpaired) electrons. The number of pyridine rings is 1. The third kappa shape index (κ3) is 3.96. The van der Waals surface area contributed by atoms with Crippen LogP contribution in [0.2, 0.25) is 5.02 Å². The van der Waals surface area contributed by atoms with Gasteiger partial charge in [-0.25, -0.2) is 13.8 Å². The summed E-state index contributed by atoms with van der Waals surface area (Å²) >= 11 is 6.67. The highest BCUT2D eigenvalue weighted by Crippen LogP contribution is 2.46. The Bertz CT molecular complexity index is 1820. The largest absolute Gasteiger partial charge is 0.472 e. The zero-order valence-corrected chi connectivity index (χ0v) is 25.2. The average Bonchev–Trinajstić information content (AvgIpc) is 3.65. The summed E-state index contributed by atoms with van der Waals surface area (Å²) < 4.78 is 44.4. The van der Waals surface area contributed by atoms with Gasteiger partial charge in [0.05, 0.1) is 11.6 Å². The van der Waals surface area contributed by atoms with E-state index in [9.17, 15) is 4.39 Å². The minimum absolute atomic E-state index is 0.0292. The molecule has 6 atom stereocenters. The van der Waals surface area contributed by atoms with Gasteiger partial charge >= 0.3 is 6.01 Å². The quantitative estimate of drug-likeness (QED) is 0.313. The highest BCUT2D eigenvalue weighted by molar-refractivity contribution is 6.36. The Kier molecular flexibility index (Phi) is 6.03. The number of anilines is 1. The number of rotatable bonds is 4. The topological polar surface area (TPSA) is 75.6 Å². The Hall–Kier alpha value is -3.34. The van der Waals surface area contributed by atoms with Crippen molar-refractivity contribution in [3.05, 3.63) is 47.2 Å². The fraction of sp³-hybridized carbons (Fsp3) is 0.485. The van der Waals surface area contributed by atoms with E-state index in [0.717, 1.165) is 37.6 Å². The van der Waals surface area contributed by atoms with Crippen molar-refractivity contribution in [3.8, 4) is 23.1 Å². The molecule has 4 aromatic rings. The van der Waals surface area contributed by atoms with Crippen molar-refractivity contribution >= 4 is 39.1 Å². The van der Waals surface area contributed by atoms with E-state index in [-0.39, 0.29) is 47.6 Å². The second kappa shape index (κ2) is 9.83. The highest BCUT2D eigenvalue weighted by atomic mass is 35.5. The number of aromatic nitrogens is 3. The number of fused-ring (bicyclic) bond motifs is 7. The molecule has 1 N–H and O–H groups in total. The highest BCUT2D eigenvalue weighted by Gasteiger charge is 2.50. The zero-order chi connectivity index (χ0) is 29.7. The molecule has 11 heteroatoms. The predicted molar refractivity (Wildman–Crippen MR) is 165 cm³/mol. The summed E-state index contributed by atoms with van der Waals surface area (Å²) in [7, 11) is 0. The number of nitrogens with one attached hydrogen (secondary N) is 1. The number of halogens is 3. The van der Waals surface area contributed by atoms with Crippen LogP contribution >= 0.6 is 11.6 Å². The molecule has 2 aromatic heterocycles. The van der Waals surface area contributed by atoms with Crippen LogP contribution in [0.25, 0.3) is 32.9 Å². The molecule has 2 bridgehead atoms. The van der Waals surface area contributed by atoms with E-state index in [4.69, 9.17) is 36.0 Å². The van der Waals surface area contributed by atoms with Crippen molar-refractivity contribution < 1.29 is 18.3 Å². The van der Waals surface area contributed by atoms with Crippen molar-refractivity contribution in [3.63, 3.8) is 0 Å². The fourth-order valence-electron chi connectivity index (χ4n) is 8.67. The lowest BCUT2D eigenvalue weighted by molar-refractivity contribution is 0.107. The summed E-state index contributed by atoms with van der Waals surface area (Å²) in [6.07, 6.45) is 3.25. The lowest BCUT2D eigenvalue weighted by Crippen LogP contribution is -2.62. The van der Waals surface area contributed by atoms with E-state index in [1.54, 1.807) is 6.07 Å². The van der Waals surface area contributed by atoms with Crippen LogP contribution in [0.1, 0.15) is 39.0 Å². The maximum Gasteiger partial charge on any atom is 0.319 e. The van der Waals surface area contributed by atoms with Crippen LogP contribution in [-0.2, 0) is 0 Å². The molecule has 44 heavy (non-hydrogen) atoms. The van der Waals surface area contributed by atoms with Crippen LogP contribution in [0.3, 0.4) is 0 Å². The molecule has 4 saturated heterocycles. The van der Waals surface area contributed by atoms with Crippen molar-refractivity contribution in [2.75, 3.05) is 31.1 Å². The van der Waals surface area contributed by atoms with Crippen molar-refractivity contribution in [2.24, 2.45) is 0 Å². The second-order valence-corrected chi connectivity index (χ2v) is 13.6. The molecular formula is C33H33ClF2N6O2. The lowest BCUT2D eigenvalue weighted by atomic mass is 9.95. The number of hydrogen-bond donors (Lipinski definition) is 1. The average molecular weight is 619 g/mol. The standard InChI is InChI=1S/C33H33ClF2N6O2/c1-17-29-23-10-9-20(37-23)15-42(29)30-25-28(39-32(40-30)43-16-33-11-4-12-41(33)14-19(35)13-33)26(36)27(38-31(25)44-17)21-7-2-5-18-6-3-8-22(34)24(18)21/h2-3,5-8,17,19-20,23,29,37H,4,9-16H2,1H3/t17-,19+,20+,23-,29+,33-/m0/s1. The van der Waals surface area contributed by atoms with Gasteiger partial charge in [0.2, 0.25) is 5.88 Å². The van der Waals surface area contributed by atoms with Crippen molar-refractivity contribution in [2.45, 2.75) is 75.0 Å². The Morgan fingerprint density at radius 2 is 1.98 bits per heavy atom. The first-order valence-electron chi connectivity index (χ1n) is 15.7. The molecule has 4 fully saturated rings. The minimum atomic E-state index is -0.877. The van der Waals surface area contributed by atoms with Crippen LogP contribution in [0, 0.1) is 5.82 Å². The van der Waals surface area contributed by atoms with Crippen molar-refractivity contribution in [1.82, 2.24) is 25.2 Å². The predicted octanol–water partition coefficient (Wildman–Crippen LogP) is 5.68. The molecule has 8 nitrogen and oxygen atoms in total. The minimum Gasteiger partial charge on any atom is -0.472 e. The van der Waals surface area contributed by atoms with Gasteiger partial charge in [-0.05, 0) is 50.6 Å². The number of piperazine rings is 1. The maximum atomic E-state index is 16.9. The molecule has 5 aliphatic heterocycles. The molecule has 9 rings (SSSR count). The number of alkyl halides is 1. The Morgan fingerprint density at radius 3 is 2.86 bits per heavy atom. The molecule has 2 aromatic carbocycles. The second-order valence-electron chi connectivity index (χ2n) is 13.2. The molecule has 0 unspecified atom stereocenters. The van der Waals surface area contributed by atoms with Crippen LogP contribution in [-0.4, -0.2) is 82.0 Å². The van der Waals surface area contributed by atoms with E-state index in [1.165, 1.54) is 0 Å². The van der Waals surface area contributed by atoms with E-state index in [2.05, 4.69) is 15.1 Å². The monoisotopic (exact) mass is 618 g/mol. The molecule has 0 amide bonds. The number of benzene rings is 2. The third-order valence-electron chi connectivity index (χ3n) is 10.6. The van der Waals surface area contributed by atoms with Gasteiger partial charge in [-0.2, -0.15) is 9.97 Å². The van der Waals surface area contributed by atoms with E-state index in [1.807, 2.05) is 37.3 Å². The summed E-state index contributed by atoms with van der Waals surface area (Å²) in [5, 5.41) is 6.29. The van der Waals surface area contributed by atoms with E-state index >= 15 is 4.39 Å². The van der Waals surface area contributed by atoms with Crippen LogP contribution in [0.5, 0.6) is 11.9 Å². The molecule has 0 saturated carbocycles. The molecule has 228 valence electrons. The van der Waals surface area contributed by atoms with Gasteiger partial charge in [-0.1, -0.05) is 41.9 Å². The molecule has 0 aliphatic carbocycles. The Balaban J connectivity index is 1.24. The SMILES string of the molecule is C[C@@H]1Oc2nc(-c3cccc4cccc(Cl)c34)c(F)c3nc(OC[C@@]45CCCN4C[C@H](F)C5)nc(c23)N2C[C@H]3CC[C@H](N3)[C@@H]12. The van der Waals surface area contributed by atoms with Gasteiger partial charge in [-0.15, -0.1) is 0 Å². The van der Waals surface area contributed by atoms with Gasteiger partial charge in [0.15, 0.2) is 5.82 Å². The van der Waals surface area contributed by atoms with Crippen LogP contribution in [0.15, 0.2) is 36.4 Å². The fourth-order valence-corrected chi connectivity index (χ4v) is 8.96. The molecular weight excluding hydrogens is 586 g/mol. The molecule has 7 heterocycles. The first kappa shape index (κ1) is 27.0. The maximum absolute atomic E-state index is 16.9. The van der Waals surface area contributed by atoms with Gasteiger partial charge in [0.1, 0.15) is 41.3 Å². The number of hydrogen-bond acceptors (Lipinski definition) is 8. The summed E-state index contributed by atoms with van der Waals surface area (Å²) in [5.74, 6) is 0.302. The van der Waals surface area contributed by atoms with Gasteiger partial charge in [0.25, 0.3) is 0 Å². The number of ether oxygens (including phenoxy) is 2. The number of nitrogens with zero attached hydrogens (tertiary/aromatic N) is 5. The smallest absolute Gasteiger partial charge is 0.319 e. The summed E-state index contributed by atoms with van der Waals surface area (Å²) in [6, 6.07) is 11.8. The van der Waals surface area contributed by atoms with Crippen LogP contribution in [0.4, 0.5) is 14.6 Å².